The van der Waals surface area contributed by atoms with Crippen LogP contribution in [0.2, 0.25) is 5.02 Å². The first-order valence-electron chi connectivity index (χ1n) is 8.67. The van der Waals surface area contributed by atoms with E-state index >= 15 is 0 Å². The summed E-state index contributed by atoms with van der Waals surface area (Å²) in [7, 11) is 2.17. The Morgan fingerprint density at radius 3 is 2.57 bits per heavy atom. The molecular formula is C21H28ClN. The van der Waals surface area contributed by atoms with Gasteiger partial charge in [0.05, 0.1) is 0 Å². The Hall–Kier alpha value is -1.47. The molecule has 0 aliphatic heterocycles. The van der Waals surface area contributed by atoms with Gasteiger partial charge in [-0.3, -0.25) is 0 Å². The smallest absolute Gasteiger partial charge is 0.0412 e. The molecule has 0 aliphatic rings. The van der Waals surface area contributed by atoms with E-state index in [4.69, 9.17) is 11.6 Å². The Bertz CT molecular complexity index is 635. The van der Waals surface area contributed by atoms with Crippen molar-refractivity contribution < 1.29 is 0 Å². The highest BCUT2D eigenvalue weighted by molar-refractivity contribution is 6.30. The van der Waals surface area contributed by atoms with Crippen molar-refractivity contribution in [3.8, 4) is 11.1 Å². The van der Waals surface area contributed by atoms with Crippen molar-refractivity contribution in [3.63, 3.8) is 0 Å². The molecule has 0 amide bonds. The van der Waals surface area contributed by atoms with Gasteiger partial charge in [-0.25, -0.2) is 0 Å². The van der Waals surface area contributed by atoms with Gasteiger partial charge >= 0.3 is 0 Å². The largest absolute Gasteiger partial charge is 0.375 e. The fourth-order valence-corrected chi connectivity index (χ4v) is 3.04. The molecule has 0 aliphatic carbocycles. The van der Waals surface area contributed by atoms with Crippen molar-refractivity contribution in [1.29, 1.82) is 0 Å². The Morgan fingerprint density at radius 2 is 1.87 bits per heavy atom. The number of rotatable bonds is 7. The van der Waals surface area contributed by atoms with Gasteiger partial charge in [0, 0.05) is 24.3 Å². The van der Waals surface area contributed by atoms with E-state index in [9.17, 15) is 0 Å². The first-order chi connectivity index (χ1) is 11.1. The molecule has 2 heteroatoms. The number of halogens is 1. The summed E-state index contributed by atoms with van der Waals surface area (Å²) in [5, 5.41) is 0.803. The molecule has 0 heterocycles. The maximum atomic E-state index is 6.28. The molecule has 0 aromatic heterocycles. The molecule has 0 bridgehead atoms. The molecule has 1 nitrogen and oxygen atoms in total. The summed E-state index contributed by atoms with van der Waals surface area (Å²) < 4.78 is 0. The van der Waals surface area contributed by atoms with Crippen LogP contribution in [0.3, 0.4) is 0 Å². The van der Waals surface area contributed by atoms with Crippen molar-refractivity contribution in [2.75, 3.05) is 18.5 Å². The van der Waals surface area contributed by atoms with Crippen LogP contribution in [0.15, 0.2) is 42.5 Å². The fourth-order valence-electron chi connectivity index (χ4n) is 2.86. The minimum absolute atomic E-state index is 0.531. The molecule has 23 heavy (non-hydrogen) atoms. The number of hydrogen-bond acceptors (Lipinski definition) is 1. The lowest BCUT2D eigenvalue weighted by Gasteiger charge is -2.21. The second kappa shape index (κ2) is 8.40. The van der Waals surface area contributed by atoms with Gasteiger partial charge in [-0.2, -0.15) is 0 Å². The van der Waals surface area contributed by atoms with Crippen LogP contribution in [0.4, 0.5) is 5.69 Å². The lowest BCUT2D eigenvalue weighted by molar-refractivity contribution is 0.735. The average Bonchev–Trinajstić information content (AvgIpc) is 2.59. The van der Waals surface area contributed by atoms with Crippen LogP contribution in [-0.2, 0) is 0 Å². The number of hydrogen-bond donors (Lipinski definition) is 0. The third-order valence-electron chi connectivity index (χ3n) is 4.60. The molecule has 2 rings (SSSR count). The Morgan fingerprint density at radius 1 is 1.09 bits per heavy atom. The minimum atomic E-state index is 0.531. The van der Waals surface area contributed by atoms with Crippen molar-refractivity contribution in [3.05, 3.63) is 53.1 Å². The van der Waals surface area contributed by atoms with Crippen molar-refractivity contribution >= 4 is 17.3 Å². The molecule has 1 unspecified atom stereocenters. The molecule has 1 atom stereocenters. The van der Waals surface area contributed by atoms with E-state index in [1.165, 1.54) is 35.2 Å². The molecular weight excluding hydrogens is 302 g/mol. The van der Waals surface area contributed by atoms with E-state index in [1.807, 2.05) is 6.07 Å². The van der Waals surface area contributed by atoms with Crippen molar-refractivity contribution in [2.45, 2.75) is 46.0 Å². The van der Waals surface area contributed by atoms with Crippen LogP contribution < -0.4 is 4.90 Å². The fraction of sp³-hybridized carbons (Fsp3) is 0.429. The quantitative estimate of drug-likeness (QED) is 0.542. The van der Waals surface area contributed by atoms with Gasteiger partial charge in [-0.05, 0) is 59.7 Å². The van der Waals surface area contributed by atoms with Crippen LogP contribution in [-0.4, -0.2) is 13.6 Å². The molecule has 0 N–H and O–H groups in total. The van der Waals surface area contributed by atoms with E-state index in [2.05, 4.69) is 69.1 Å². The number of unbranched alkanes of at least 4 members (excludes halogenated alkanes) is 1. The lowest BCUT2D eigenvalue weighted by Crippen LogP contribution is -2.18. The van der Waals surface area contributed by atoms with Crippen LogP contribution in [0.5, 0.6) is 0 Å². The van der Waals surface area contributed by atoms with Gasteiger partial charge in [0.2, 0.25) is 0 Å². The highest BCUT2D eigenvalue weighted by Crippen LogP contribution is 2.34. The van der Waals surface area contributed by atoms with Gasteiger partial charge < -0.3 is 4.90 Å². The zero-order valence-electron chi connectivity index (χ0n) is 14.8. The normalized spacial score (nSPS) is 12.2. The highest BCUT2D eigenvalue weighted by atomic mass is 35.5. The summed E-state index contributed by atoms with van der Waals surface area (Å²) >= 11 is 6.28. The van der Waals surface area contributed by atoms with Crippen LogP contribution in [0, 0.1) is 0 Å². The Labute approximate surface area is 146 Å². The molecule has 0 spiro atoms. The minimum Gasteiger partial charge on any atom is -0.375 e. The first kappa shape index (κ1) is 17.9. The Kier molecular flexibility index (Phi) is 6.53. The predicted molar refractivity (Wildman–Crippen MR) is 104 cm³/mol. The van der Waals surface area contributed by atoms with Gasteiger partial charge in [0.1, 0.15) is 0 Å². The molecule has 0 saturated carbocycles. The molecule has 2 aromatic carbocycles. The van der Waals surface area contributed by atoms with E-state index in [0.717, 1.165) is 18.0 Å². The van der Waals surface area contributed by atoms with Crippen LogP contribution >= 0.6 is 11.6 Å². The zero-order valence-corrected chi connectivity index (χ0v) is 15.5. The monoisotopic (exact) mass is 329 g/mol. The maximum absolute atomic E-state index is 6.28. The number of benzene rings is 2. The summed E-state index contributed by atoms with van der Waals surface area (Å²) in [6.45, 7) is 7.84. The van der Waals surface area contributed by atoms with E-state index < -0.39 is 0 Å². The molecule has 0 saturated heterocycles. The third-order valence-corrected chi connectivity index (χ3v) is 4.84. The summed E-state index contributed by atoms with van der Waals surface area (Å²) in [5.74, 6) is 0.531. The van der Waals surface area contributed by atoms with Gasteiger partial charge in [-0.15, -0.1) is 0 Å². The SMILES string of the molecule is CCCCN(C)c1cccc(-c2cc(Cl)ccc2C(C)CC)c1. The number of nitrogens with zero attached hydrogens (tertiary/aromatic N) is 1. The summed E-state index contributed by atoms with van der Waals surface area (Å²) in [4.78, 5) is 2.33. The van der Waals surface area contributed by atoms with E-state index in [1.54, 1.807) is 0 Å². The molecule has 0 fully saturated rings. The van der Waals surface area contributed by atoms with Crippen molar-refractivity contribution in [2.24, 2.45) is 0 Å². The highest BCUT2D eigenvalue weighted by Gasteiger charge is 2.12. The molecule has 0 radical (unpaired) electrons. The second-order valence-electron chi connectivity index (χ2n) is 6.37. The zero-order chi connectivity index (χ0) is 16.8. The van der Waals surface area contributed by atoms with E-state index in [0.29, 0.717) is 5.92 Å². The second-order valence-corrected chi connectivity index (χ2v) is 6.80. The van der Waals surface area contributed by atoms with Crippen molar-refractivity contribution in [1.82, 2.24) is 0 Å². The third kappa shape index (κ3) is 4.51. The molecule has 124 valence electrons. The number of anilines is 1. The van der Waals surface area contributed by atoms with Gasteiger partial charge in [0.25, 0.3) is 0 Å². The Balaban J connectivity index is 2.40. The van der Waals surface area contributed by atoms with Gasteiger partial charge in [-0.1, -0.05) is 57.0 Å². The predicted octanol–water partition coefficient (Wildman–Crippen LogP) is 6.76. The maximum Gasteiger partial charge on any atom is 0.0412 e. The van der Waals surface area contributed by atoms with Gasteiger partial charge in [0.15, 0.2) is 0 Å². The lowest BCUT2D eigenvalue weighted by atomic mass is 9.90. The van der Waals surface area contributed by atoms with E-state index in [-0.39, 0.29) is 0 Å². The summed E-state index contributed by atoms with van der Waals surface area (Å²) in [6.07, 6.45) is 3.57. The molecule has 2 aromatic rings. The summed E-state index contributed by atoms with van der Waals surface area (Å²) in [5.41, 5.74) is 5.16. The first-order valence-corrected chi connectivity index (χ1v) is 9.05. The topological polar surface area (TPSA) is 3.24 Å². The van der Waals surface area contributed by atoms with Crippen LogP contribution in [0.1, 0.15) is 51.5 Å². The van der Waals surface area contributed by atoms with Crippen LogP contribution in [0.25, 0.3) is 11.1 Å². The average molecular weight is 330 g/mol. The standard InChI is InChI=1S/C21H28ClN/c1-5-7-13-23(4)19-10-8-9-17(14-19)21-15-18(22)11-12-20(21)16(3)6-2/h8-12,14-16H,5-7,13H2,1-4H3. The summed E-state index contributed by atoms with van der Waals surface area (Å²) in [6, 6.07) is 15.1.